The molecule has 0 aliphatic carbocycles. The lowest BCUT2D eigenvalue weighted by Gasteiger charge is -2.06. The van der Waals surface area contributed by atoms with Gasteiger partial charge in [-0.2, -0.15) is 0 Å². The van der Waals surface area contributed by atoms with E-state index < -0.39 is 0 Å². The van der Waals surface area contributed by atoms with E-state index in [2.05, 4.69) is 0 Å². The molecule has 0 atom stereocenters. The average Bonchev–Trinajstić information content (AvgIpc) is 2.34. The van der Waals surface area contributed by atoms with Gasteiger partial charge in [0.25, 0.3) is 0 Å². The van der Waals surface area contributed by atoms with E-state index in [0.717, 1.165) is 24.9 Å². The van der Waals surface area contributed by atoms with Gasteiger partial charge in [0.2, 0.25) is 0 Å². The summed E-state index contributed by atoms with van der Waals surface area (Å²) in [7, 11) is 0. The van der Waals surface area contributed by atoms with Crippen LogP contribution in [0, 0.1) is 0 Å². The maximum absolute atomic E-state index is 10.5. The molecule has 0 unspecified atom stereocenters. The Bertz CT molecular complexity index is 356. The van der Waals surface area contributed by atoms with Crippen molar-refractivity contribution in [1.82, 2.24) is 0 Å². The molecule has 4 heteroatoms. The summed E-state index contributed by atoms with van der Waals surface area (Å²) in [4.78, 5) is 20.9. The van der Waals surface area contributed by atoms with Crippen molar-refractivity contribution in [1.29, 1.82) is 0 Å². The van der Waals surface area contributed by atoms with Crippen LogP contribution >= 0.6 is 0 Å². The molecule has 0 fully saturated rings. The van der Waals surface area contributed by atoms with Crippen LogP contribution in [0.15, 0.2) is 24.3 Å². The van der Waals surface area contributed by atoms with E-state index in [1.54, 1.807) is 24.3 Å². The molecule has 0 radical (unpaired) electrons. The van der Waals surface area contributed by atoms with Gasteiger partial charge < -0.3 is 9.47 Å². The Kier molecular flexibility index (Phi) is 5.79. The summed E-state index contributed by atoms with van der Waals surface area (Å²) in [6.45, 7) is 2.40. The Labute approximate surface area is 101 Å². The van der Waals surface area contributed by atoms with Gasteiger partial charge in [-0.3, -0.25) is 9.59 Å². The van der Waals surface area contributed by atoms with Crippen LogP contribution in [-0.2, 0) is 9.53 Å². The molecular weight excluding hydrogens is 220 g/mol. The van der Waals surface area contributed by atoms with E-state index in [-0.39, 0.29) is 5.97 Å². The second-order valence-corrected chi connectivity index (χ2v) is 3.58. The molecule has 0 aliphatic heterocycles. The molecule has 0 saturated carbocycles. The minimum absolute atomic E-state index is 0.254. The van der Waals surface area contributed by atoms with Gasteiger partial charge in [-0.15, -0.1) is 0 Å². The maximum atomic E-state index is 10.5. The molecule has 0 spiro atoms. The number of aldehydes is 1. The first-order chi connectivity index (χ1) is 8.22. The highest BCUT2D eigenvalue weighted by Crippen LogP contribution is 2.11. The number of unbranched alkanes of at least 4 members (excludes halogenated alkanes) is 1. The highest BCUT2D eigenvalue weighted by Gasteiger charge is 1.96. The predicted octanol–water partition coefficient (Wildman–Crippen LogP) is 2.22. The molecule has 1 rings (SSSR count). The zero-order chi connectivity index (χ0) is 12.5. The number of esters is 1. The molecule has 17 heavy (non-hydrogen) atoms. The Balaban J connectivity index is 2.13. The second kappa shape index (κ2) is 7.44. The van der Waals surface area contributed by atoms with Crippen molar-refractivity contribution in [2.24, 2.45) is 0 Å². The van der Waals surface area contributed by atoms with Gasteiger partial charge in [-0.05, 0) is 37.1 Å². The van der Waals surface area contributed by atoms with Gasteiger partial charge in [0, 0.05) is 12.5 Å². The van der Waals surface area contributed by atoms with E-state index in [4.69, 9.17) is 9.47 Å². The normalized spacial score (nSPS) is 9.71. The van der Waals surface area contributed by atoms with Gasteiger partial charge in [-0.1, -0.05) is 0 Å². The Morgan fingerprint density at radius 1 is 1.18 bits per heavy atom. The van der Waals surface area contributed by atoms with Crippen LogP contribution in [0.25, 0.3) is 0 Å². The van der Waals surface area contributed by atoms with E-state index in [9.17, 15) is 9.59 Å². The summed E-state index contributed by atoms with van der Waals surface area (Å²) in [6, 6.07) is 6.94. The summed E-state index contributed by atoms with van der Waals surface area (Å²) in [5.74, 6) is 0.485. The first-order valence-electron chi connectivity index (χ1n) is 5.54. The van der Waals surface area contributed by atoms with Crippen molar-refractivity contribution in [2.45, 2.75) is 19.8 Å². The zero-order valence-electron chi connectivity index (χ0n) is 9.85. The molecule has 92 valence electrons. The molecule has 0 aromatic heterocycles. The van der Waals surface area contributed by atoms with Crippen molar-refractivity contribution >= 4 is 12.3 Å². The third kappa shape index (κ3) is 5.70. The largest absolute Gasteiger partial charge is 0.494 e. The first-order valence-corrected chi connectivity index (χ1v) is 5.54. The maximum Gasteiger partial charge on any atom is 0.302 e. The predicted molar refractivity (Wildman–Crippen MR) is 63.2 cm³/mol. The molecular formula is C13H16O4. The van der Waals surface area contributed by atoms with Crippen LogP contribution in [0.3, 0.4) is 0 Å². The Morgan fingerprint density at radius 3 is 2.41 bits per heavy atom. The molecule has 4 nitrogen and oxygen atoms in total. The van der Waals surface area contributed by atoms with E-state index in [1.165, 1.54) is 6.92 Å². The standard InChI is InChI=1S/C13H16O4/c1-11(15)16-8-2-3-9-17-13-6-4-12(10-14)5-7-13/h4-7,10H,2-3,8-9H2,1H3. The molecule has 0 N–H and O–H groups in total. The van der Waals surface area contributed by atoms with Crippen LogP contribution in [0.5, 0.6) is 5.75 Å². The quantitative estimate of drug-likeness (QED) is 0.414. The highest BCUT2D eigenvalue weighted by atomic mass is 16.5. The monoisotopic (exact) mass is 236 g/mol. The van der Waals surface area contributed by atoms with Crippen molar-refractivity contribution in [3.8, 4) is 5.75 Å². The van der Waals surface area contributed by atoms with Gasteiger partial charge in [-0.25, -0.2) is 0 Å². The van der Waals surface area contributed by atoms with Gasteiger partial charge in [0.15, 0.2) is 0 Å². The van der Waals surface area contributed by atoms with Gasteiger partial charge in [0.1, 0.15) is 12.0 Å². The number of hydrogen-bond donors (Lipinski definition) is 0. The second-order valence-electron chi connectivity index (χ2n) is 3.58. The molecule has 0 saturated heterocycles. The third-order valence-electron chi connectivity index (χ3n) is 2.13. The van der Waals surface area contributed by atoms with Crippen molar-refractivity contribution < 1.29 is 19.1 Å². The van der Waals surface area contributed by atoms with Crippen LogP contribution in [0.2, 0.25) is 0 Å². The number of carbonyl (C=O) groups excluding carboxylic acids is 2. The molecule has 0 bridgehead atoms. The summed E-state index contributed by atoms with van der Waals surface area (Å²) in [6.07, 6.45) is 2.40. The fourth-order valence-corrected chi connectivity index (χ4v) is 1.25. The average molecular weight is 236 g/mol. The summed E-state index contributed by atoms with van der Waals surface area (Å²) in [5.41, 5.74) is 0.632. The molecule has 0 aliphatic rings. The SMILES string of the molecule is CC(=O)OCCCCOc1ccc(C=O)cc1. The smallest absolute Gasteiger partial charge is 0.302 e. The molecule has 1 aromatic carbocycles. The van der Waals surface area contributed by atoms with E-state index in [0.29, 0.717) is 18.8 Å². The molecule has 0 heterocycles. The minimum atomic E-state index is -0.254. The number of ether oxygens (including phenoxy) is 2. The Hall–Kier alpha value is -1.84. The van der Waals surface area contributed by atoms with Gasteiger partial charge in [0.05, 0.1) is 13.2 Å². The molecule has 0 amide bonds. The number of rotatable bonds is 7. The number of hydrogen-bond acceptors (Lipinski definition) is 4. The minimum Gasteiger partial charge on any atom is -0.494 e. The topological polar surface area (TPSA) is 52.6 Å². The zero-order valence-corrected chi connectivity index (χ0v) is 9.85. The van der Waals surface area contributed by atoms with Crippen molar-refractivity contribution in [3.63, 3.8) is 0 Å². The van der Waals surface area contributed by atoms with Crippen molar-refractivity contribution in [3.05, 3.63) is 29.8 Å². The first kappa shape index (κ1) is 13.2. The lowest BCUT2D eigenvalue weighted by molar-refractivity contribution is -0.141. The van der Waals surface area contributed by atoms with E-state index >= 15 is 0 Å². The third-order valence-corrected chi connectivity index (χ3v) is 2.13. The van der Waals surface area contributed by atoms with Crippen LogP contribution in [0.1, 0.15) is 30.1 Å². The van der Waals surface area contributed by atoms with Crippen LogP contribution in [-0.4, -0.2) is 25.5 Å². The fraction of sp³-hybridized carbons (Fsp3) is 0.385. The number of benzene rings is 1. The number of carbonyl (C=O) groups is 2. The van der Waals surface area contributed by atoms with Crippen LogP contribution < -0.4 is 4.74 Å². The summed E-state index contributed by atoms with van der Waals surface area (Å²) >= 11 is 0. The lowest BCUT2D eigenvalue weighted by Crippen LogP contribution is -2.03. The van der Waals surface area contributed by atoms with Crippen molar-refractivity contribution in [2.75, 3.05) is 13.2 Å². The highest BCUT2D eigenvalue weighted by molar-refractivity contribution is 5.74. The van der Waals surface area contributed by atoms with Crippen LogP contribution in [0.4, 0.5) is 0 Å². The fourth-order valence-electron chi connectivity index (χ4n) is 1.25. The van der Waals surface area contributed by atoms with Gasteiger partial charge >= 0.3 is 5.97 Å². The van der Waals surface area contributed by atoms with E-state index in [1.807, 2.05) is 0 Å². The summed E-state index contributed by atoms with van der Waals surface area (Å²) in [5, 5.41) is 0. The Morgan fingerprint density at radius 2 is 1.82 bits per heavy atom. The summed E-state index contributed by atoms with van der Waals surface area (Å²) < 4.78 is 10.2. The molecule has 1 aromatic rings. The lowest BCUT2D eigenvalue weighted by atomic mass is 10.2.